The van der Waals surface area contributed by atoms with E-state index in [9.17, 15) is 8.78 Å². The van der Waals surface area contributed by atoms with Crippen LogP contribution >= 0.6 is 0 Å². The molecule has 7 heteroatoms. The van der Waals surface area contributed by atoms with E-state index >= 15 is 0 Å². The highest BCUT2D eigenvalue weighted by molar-refractivity contribution is 5.81. The molecule has 2 N–H and O–H groups in total. The molecule has 2 aromatic rings. The van der Waals surface area contributed by atoms with E-state index < -0.39 is 11.8 Å². The molecule has 0 bridgehead atoms. The maximum Gasteiger partial charge on any atom is 0.252 e. The van der Waals surface area contributed by atoms with Gasteiger partial charge in [0.1, 0.15) is 11.8 Å². The molecule has 0 amide bonds. The first kappa shape index (κ1) is 12.3. The Balaban J connectivity index is 1.73. The van der Waals surface area contributed by atoms with E-state index in [1.54, 1.807) is 0 Å². The van der Waals surface area contributed by atoms with Gasteiger partial charge in [0.25, 0.3) is 5.92 Å². The van der Waals surface area contributed by atoms with E-state index in [2.05, 4.69) is 25.3 Å². The van der Waals surface area contributed by atoms with Crippen molar-refractivity contribution in [2.45, 2.75) is 31.6 Å². The van der Waals surface area contributed by atoms with E-state index in [0.29, 0.717) is 29.8 Å². The number of nitrogens with one attached hydrogen (secondary N) is 2. The fourth-order valence-electron chi connectivity index (χ4n) is 2.54. The van der Waals surface area contributed by atoms with Crippen LogP contribution in [0.1, 0.15) is 25.7 Å². The number of anilines is 1. The van der Waals surface area contributed by atoms with Crippen LogP contribution in [0.4, 0.5) is 14.6 Å². The van der Waals surface area contributed by atoms with Crippen molar-refractivity contribution in [3.05, 3.63) is 12.7 Å². The topological polar surface area (TPSA) is 66.5 Å². The summed E-state index contributed by atoms with van der Waals surface area (Å²) in [6.07, 6.45) is 4.91. The van der Waals surface area contributed by atoms with Crippen LogP contribution in [0.3, 0.4) is 0 Å². The van der Waals surface area contributed by atoms with Gasteiger partial charge >= 0.3 is 0 Å². The zero-order valence-electron chi connectivity index (χ0n) is 10.4. The maximum atomic E-state index is 13.7. The summed E-state index contributed by atoms with van der Waals surface area (Å²) in [4.78, 5) is 15.0. The molecule has 0 saturated heterocycles. The largest absolute Gasteiger partial charge is 0.368 e. The number of hydrogen-bond acceptors (Lipinski definition) is 4. The molecule has 1 unspecified atom stereocenters. The Hall–Kier alpha value is -1.79. The predicted molar refractivity (Wildman–Crippen MR) is 67.1 cm³/mol. The number of imidazole rings is 1. The summed E-state index contributed by atoms with van der Waals surface area (Å²) in [5.74, 6) is -2.68. The molecule has 2 aromatic heterocycles. The number of H-pyrrole nitrogens is 1. The highest BCUT2D eigenvalue weighted by atomic mass is 19.3. The van der Waals surface area contributed by atoms with Crippen LogP contribution in [0.25, 0.3) is 11.2 Å². The monoisotopic (exact) mass is 267 g/mol. The van der Waals surface area contributed by atoms with Crippen LogP contribution in [0.5, 0.6) is 0 Å². The molecule has 1 atom stereocenters. The minimum absolute atomic E-state index is 0.0113. The number of fused-ring (bicyclic) bond motifs is 1. The molecule has 2 heterocycles. The SMILES string of the molecule is FC1(F)CCCCC1CNc1ncnc2nc[nH]c12. The standard InChI is InChI=1S/C12H15F2N5/c13-12(14)4-2-1-3-8(12)5-15-10-9-11(17-6-16-9)19-7-18-10/h6-8H,1-5H2,(H2,15,16,17,18,19). The predicted octanol–water partition coefficient (Wildman–Crippen LogP) is 2.59. The number of rotatable bonds is 3. The molecule has 3 rings (SSSR count). The van der Waals surface area contributed by atoms with Gasteiger partial charge in [-0.15, -0.1) is 0 Å². The number of aromatic nitrogens is 4. The average Bonchev–Trinajstić information content (AvgIpc) is 2.86. The van der Waals surface area contributed by atoms with Gasteiger partial charge in [0.05, 0.1) is 6.33 Å². The van der Waals surface area contributed by atoms with Gasteiger partial charge in [0, 0.05) is 18.9 Å². The minimum atomic E-state index is -2.58. The van der Waals surface area contributed by atoms with E-state index in [0.717, 1.165) is 6.42 Å². The second-order valence-electron chi connectivity index (χ2n) is 4.91. The molecule has 1 aliphatic rings. The fraction of sp³-hybridized carbons (Fsp3) is 0.583. The molecule has 19 heavy (non-hydrogen) atoms. The Morgan fingerprint density at radius 2 is 2.21 bits per heavy atom. The summed E-state index contributed by atoms with van der Waals surface area (Å²) in [6.45, 7) is 0.220. The van der Waals surface area contributed by atoms with Crippen molar-refractivity contribution in [1.29, 1.82) is 0 Å². The molecule has 1 fully saturated rings. The normalized spacial score (nSPS) is 22.5. The molecular weight excluding hydrogens is 252 g/mol. The summed E-state index contributed by atoms with van der Waals surface area (Å²) < 4.78 is 27.5. The minimum Gasteiger partial charge on any atom is -0.368 e. The second kappa shape index (κ2) is 4.71. The number of nitrogens with zero attached hydrogens (tertiary/aromatic N) is 3. The van der Waals surface area contributed by atoms with Crippen molar-refractivity contribution in [2.75, 3.05) is 11.9 Å². The molecule has 0 aliphatic heterocycles. The van der Waals surface area contributed by atoms with Gasteiger partial charge in [-0.05, 0) is 12.8 Å². The first-order chi connectivity index (χ1) is 9.17. The van der Waals surface area contributed by atoms with E-state index in [1.807, 2.05) is 0 Å². The first-order valence-electron chi connectivity index (χ1n) is 6.42. The fourth-order valence-corrected chi connectivity index (χ4v) is 2.54. The van der Waals surface area contributed by atoms with Crippen molar-refractivity contribution in [3.8, 4) is 0 Å². The van der Waals surface area contributed by atoms with Crippen molar-refractivity contribution < 1.29 is 8.78 Å². The van der Waals surface area contributed by atoms with Crippen LogP contribution in [-0.2, 0) is 0 Å². The van der Waals surface area contributed by atoms with E-state index in [4.69, 9.17) is 0 Å². The Kier molecular flexibility index (Phi) is 3.04. The highest BCUT2D eigenvalue weighted by Crippen LogP contribution is 2.38. The number of alkyl halides is 2. The van der Waals surface area contributed by atoms with Gasteiger partial charge in [-0.3, -0.25) is 0 Å². The zero-order chi connectivity index (χ0) is 13.3. The number of halogens is 2. The van der Waals surface area contributed by atoms with Crippen LogP contribution in [-0.4, -0.2) is 32.4 Å². The van der Waals surface area contributed by atoms with Crippen molar-refractivity contribution in [1.82, 2.24) is 19.9 Å². The van der Waals surface area contributed by atoms with Crippen molar-refractivity contribution >= 4 is 17.0 Å². The lowest BCUT2D eigenvalue weighted by atomic mass is 9.85. The summed E-state index contributed by atoms with van der Waals surface area (Å²) in [5, 5.41) is 3.00. The molecule has 5 nitrogen and oxygen atoms in total. The third-order valence-corrected chi connectivity index (χ3v) is 3.65. The third kappa shape index (κ3) is 2.36. The summed E-state index contributed by atoms with van der Waals surface area (Å²) in [6, 6.07) is 0. The Morgan fingerprint density at radius 3 is 3.05 bits per heavy atom. The van der Waals surface area contributed by atoms with Gasteiger partial charge < -0.3 is 10.3 Å². The van der Waals surface area contributed by atoms with Gasteiger partial charge in [-0.1, -0.05) is 6.42 Å². The number of hydrogen-bond donors (Lipinski definition) is 2. The van der Waals surface area contributed by atoms with Gasteiger partial charge in [0.2, 0.25) is 0 Å². The summed E-state index contributed by atoms with van der Waals surface area (Å²) in [5.41, 5.74) is 1.19. The quantitative estimate of drug-likeness (QED) is 0.897. The molecule has 1 aliphatic carbocycles. The van der Waals surface area contributed by atoms with E-state index in [-0.39, 0.29) is 13.0 Å². The van der Waals surface area contributed by atoms with Crippen LogP contribution in [0.15, 0.2) is 12.7 Å². The lowest BCUT2D eigenvalue weighted by Gasteiger charge is -2.31. The Bertz CT molecular complexity index is 568. The third-order valence-electron chi connectivity index (χ3n) is 3.65. The Morgan fingerprint density at radius 1 is 1.32 bits per heavy atom. The molecule has 0 aromatic carbocycles. The zero-order valence-corrected chi connectivity index (χ0v) is 10.4. The molecular formula is C12H15F2N5. The lowest BCUT2D eigenvalue weighted by Crippen LogP contribution is -2.36. The second-order valence-corrected chi connectivity index (χ2v) is 4.91. The van der Waals surface area contributed by atoms with Crippen LogP contribution in [0.2, 0.25) is 0 Å². The van der Waals surface area contributed by atoms with E-state index in [1.165, 1.54) is 12.7 Å². The van der Waals surface area contributed by atoms with Crippen molar-refractivity contribution in [3.63, 3.8) is 0 Å². The lowest BCUT2D eigenvalue weighted by molar-refractivity contribution is -0.0802. The van der Waals surface area contributed by atoms with Gasteiger partial charge in [-0.25, -0.2) is 23.7 Å². The average molecular weight is 267 g/mol. The van der Waals surface area contributed by atoms with Crippen molar-refractivity contribution in [2.24, 2.45) is 5.92 Å². The molecule has 1 saturated carbocycles. The van der Waals surface area contributed by atoms with Gasteiger partial charge in [-0.2, -0.15) is 0 Å². The molecule has 0 radical (unpaired) electrons. The summed E-state index contributed by atoms with van der Waals surface area (Å²) in [7, 11) is 0. The molecule has 102 valence electrons. The highest BCUT2D eigenvalue weighted by Gasteiger charge is 2.41. The first-order valence-corrected chi connectivity index (χ1v) is 6.42. The van der Waals surface area contributed by atoms with Gasteiger partial charge in [0.15, 0.2) is 11.5 Å². The molecule has 0 spiro atoms. The van der Waals surface area contributed by atoms with Crippen LogP contribution in [0, 0.1) is 5.92 Å². The maximum absolute atomic E-state index is 13.7. The number of aromatic amines is 1. The Labute approximate surface area is 108 Å². The summed E-state index contributed by atoms with van der Waals surface area (Å²) >= 11 is 0. The van der Waals surface area contributed by atoms with Crippen LogP contribution < -0.4 is 5.32 Å². The smallest absolute Gasteiger partial charge is 0.252 e.